The maximum absolute atomic E-state index is 10.7. The third-order valence-corrected chi connectivity index (χ3v) is 6.64. The van der Waals surface area contributed by atoms with E-state index in [1.54, 1.807) is 11.8 Å². The first-order valence-electron chi connectivity index (χ1n) is 7.62. The van der Waals surface area contributed by atoms with Crippen molar-refractivity contribution in [3.05, 3.63) is 0 Å². The molecule has 4 aliphatic rings. The van der Waals surface area contributed by atoms with E-state index in [2.05, 4.69) is 0 Å². The lowest BCUT2D eigenvalue weighted by atomic mass is 9.49. The molecule has 19 heavy (non-hydrogen) atoms. The van der Waals surface area contributed by atoms with Crippen LogP contribution in [0.1, 0.15) is 44.9 Å². The molecule has 0 saturated heterocycles. The van der Waals surface area contributed by atoms with Crippen LogP contribution in [0.15, 0.2) is 0 Å². The van der Waals surface area contributed by atoms with Crippen molar-refractivity contribution in [2.45, 2.75) is 51.0 Å². The van der Waals surface area contributed by atoms with Crippen LogP contribution in [0.25, 0.3) is 0 Å². The van der Waals surface area contributed by atoms with E-state index in [0.717, 1.165) is 23.5 Å². The van der Waals surface area contributed by atoms with Gasteiger partial charge in [0.2, 0.25) is 0 Å². The zero-order valence-electron chi connectivity index (χ0n) is 11.5. The second-order valence-electron chi connectivity index (χ2n) is 7.19. The predicted octanol–water partition coefficient (Wildman–Crippen LogP) is 2.74. The fraction of sp³-hybridized carbons (Fsp3) is 0.933. The standard InChI is InChI=1S/C15H25NO2S/c16-13(14(17)18)9-19-2-1-15-6-10-3-11(7-15)5-12(4-10)8-15/h10-13H,1-9,16H2,(H,17,18). The molecule has 0 radical (unpaired) electrons. The molecule has 4 bridgehead atoms. The molecule has 3 nitrogen and oxygen atoms in total. The highest BCUT2D eigenvalue weighted by Gasteiger charge is 2.50. The van der Waals surface area contributed by atoms with Gasteiger partial charge in [-0.2, -0.15) is 11.8 Å². The highest BCUT2D eigenvalue weighted by atomic mass is 32.2. The number of carboxylic acids is 1. The lowest BCUT2D eigenvalue weighted by Crippen LogP contribution is -2.46. The molecule has 1 atom stereocenters. The summed E-state index contributed by atoms with van der Waals surface area (Å²) >= 11 is 1.73. The van der Waals surface area contributed by atoms with Gasteiger partial charge in [-0.15, -0.1) is 0 Å². The molecule has 3 N–H and O–H groups in total. The Morgan fingerprint density at radius 1 is 1.21 bits per heavy atom. The molecule has 0 aromatic heterocycles. The number of aliphatic carboxylic acids is 1. The second kappa shape index (κ2) is 5.28. The van der Waals surface area contributed by atoms with Crippen LogP contribution in [0.2, 0.25) is 0 Å². The lowest BCUT2D eigenvalue weighted by Gasteiger charge is -2.57. The quantitative estimate of drug-likeness (QED) is 0.736. The maximum Gasteiger partial charge on any atom is 0.321 e. The van der Waals surface area contributed by atoms with Crippen LogP contribution >= 0.6 is 11.8 Å². The third-order valence-electron chi connectivity index (χ3n) is 5.56. The number of rotatable bonds is 6. The Balaban J connectivity index is 1.46. The summed E-state index contributed by atoms with van der Waals surface area (Å²) in [6.45, 7) is 0. The number of carboxylic acid groups (broad SMARTS) is 1. The summed E-state index contributed by atoms with van der Waals surface area (Å²) in [4.78, 5) is 10.7. The van der Waals surface area contributed by atoms with Gasteiger partial charge in [0.05, 0.1) is 0 Å². The second-order valence-corrected chi connectivity index (χ2v) is 8.34. The Morgan fingerprint density at radius 3 is 2.21 bits per heavy atom. The van der Waals surface area contributed by atoms with E-state index in [1.807, 2.05) is 0 Å². The van der Waals surface area contributed by atoms with E-state index in [-0.39, 0.29) is 0 Å². The van der Waals surface area contributed by atoms with Crippen molar-refractivity contribution >= 4 is 17.7 Å². The van der Waals surface area contributed by atoms with Crippen molar-refractivity contribution in [1.29, 1.82) is 0 Å². The van der Waals surface area contributed by atoms with Crippen LogP contribution in [0.3, 0.4) is 0 Å². The van der Waals surface area contributed by atoms with Gasteiger partial charge >= 0.3 is 5.97 Å². The largest absolute Gasteiger partial charge is 0.480 e. The Labute approximate surface area is 119 Å². The van der Waals surface area contributed by atoms with Crippen molar-refractivity contribution < 1.29 is 9.90 Å². The molecule has 0 spiro atoms. The van der Waals surface area contributed by atoms with Gasteiger partial charge < -0.3 is 10.8 Å². The summed E-state index contributed by atoms with van der Waals surface area (Å²) in [5.41, 5.74) is 6.16. The molecule has 4 aliphatic carbocycles. The van der Waals surface area contributed by atoms with Gasteiger partial charge in [0.15, 0.2) is 0 Å². The van der Waals surface area contributed by atoms with E-state index in [0.29, 0.717) is 11.2 Å². The molecular weight excluding hydrogens is 258 g/mol. The summed E-state index contributed by atoms with van der Waals surface area (Å²) in [7, 11) is 0. The van der Waals surface area contributed by atoms with Gasteiger partial charge in [-0.05, 0) is 73.9 Å². The third kappa shape index (κ3) is 2.94. The Morgan fingerprint density at radius 2 is 1.74 bits per heavy atom. The predicted molar refractivity (Wildman–Crippen MR) is 78.2 cm³/mol. The molecular formula is C15H25NO2S. The first-order chi connectivity index (χ1) is 9.06. The van der Waals surface area contributed by atoms with Crippen LogP contribution in [-0.4, -0.2) is 28.6 Å². The van der Waals surface area contributed by atoms with E-state index in [9.17, 15) is 4.79 Å². The van der Waals surface area contributed by atoms with Crippen molar-refractivity contribution in [3.8, 4) is 0 Å². The summed E-state index contributed by atoms with van der Waals surface area (Å²) in [5, 5.41) is 8.77. The average molecular weight is 283 g/mol. The minimum Gasteiger partial charge on any atom is -0.480 e. The van der Waals surface area contributed by atoms with Crippen LogP contribution in [0.4, 0.5) is 0 Å². The van der Waals surface area contributed by atoms with Gasteiger partial charge in [0.1, 0.15) is 6.04 Å². The normalized spacial score (nSPS) is 41.4. The molecule has 4 heteroatoms. The first kappa shape index (κ1) is 13.7. The zero-order valence-corrected chi connectivity index (χ0v) is 12.3. The van der Waals surface area contributed by atoms with Crippen LogP contribution < -0.4 is 5.73 Å². The topological polar surface area (TPSA) is 63.3 Å². The van der Waals surface area contributed by atoms with E-state index >= 15 is 0 Å². The van der Waals surface area contributed by atoms with Gasteiger partial charge in [0.25, 0.3) is 0 Å². The number of carbonyl (C=O) groups is 1. The Bertz CT molecular complexity index is 323. The summed E-state index contributed by atoms with van der Waals surface area (Å²) in [6, 6.07) is -0.693. The summed E-state index contributed by atoms with van der Waals surface area (Å²) in [6.07, 6.45) is 10.1. The molecule has 0 aromatic rings. The van der Waals surface area contributed by atoms with E-state index < -0.39 is 12.0 Å². The maximum atomic E-state index is 10.7. The molecule has 4 fully saturated rings. The molecule has 108 valence electrons. The summed E-state index contributed by atoms with van der Waals surface area (Å²) < 4.78 is 0. The highest BCUT2D eigenvalue weighted by Crippen LogP contribution is 2.61. The fourth-order valence-corrected chi connectivity index (χ4v) is 6.31. The van der Waals surface area contributed by atoms with Crippen LogP contribution in [0, 0.1) is 23.2 Å². The average Bonchev–Trinajstić information content (AvgIpc) is 2.32. The fourth-order valence-electron chi connectivity index (χ4n) is 5.17. The van der Waals surface area contributed by atoms with Crippen LogP contribution in [-0.2, 0) is 4.79 Å². The number of hydrogen-bond donors (Lipinski definition) is 2. The van der Waals surface area contributed by atoms with Gasteiger partial charge in [-0.3, -0.25) is 4.79 Å². The van der Waals surface area contributed by atoms with Crippen molar-refractivity contribution in [2.24, 2.45) is 28.9 Å². The van der Waals surface area contributed by atoms with E-state index in [1.165, 1.54) is 44.9 Å². The molecule has 0 aromatic carbocycles. The molecule has 4 saturated carbocycles. The molecule has 1 unspecified atom stereocenters. The smallest absolute Gasteiger partial charge is 0.321 e. The minimum absolute atomic E-state index is 0.557. The molecule has 4 rings (SSSR count). The van der Waals surface area contributed by atoms with Gasteiger partial charge in [0, 0.05) is 5.75 Å². The Hall–Kier alpha value is -0.220. The highest BCUT2D eigenvalue weighted by molar-refractivity contribution is 7.99. The minimum atomic E-state index is -0.873. The van der Waals surface area contributed by atoms with Crippen molar-refractivity contribution in [3.63, 3.8) is 0 Å². The van der Waals surface area contributed by atoms with Gasteiger partial charge in [-0.1, -0.05) is 0 Å². The van der Waals surface area contributed by atoms with Gasteiger partial charge in [-0.25, -0.2) is 0 Å². The zero-order chi connectivity index (χ0) is 13.5. The van der Waals surface area contributed by atoms with Crippen molar-refractivity contribution in [2.75, 3.05) is 11.5 Å². The monoisotopic (exact) mass is 283 g/mol. The lowest BCUT2D eigenvalue weighted by molar-refractivity contribution is -0.137. The number of thioether (sulfide) groups is 1. The summed E-state index contributed by atoms with van der Waals surface area (Å²) in [5.74, 6) is 3.81. The van der Waals surface area contributed by atoms with Crippen molar-refractivity contribution in [1.82, 2.24) is 0 Å². The molecule has 0 heterocycles. The molecule has 0 aliphatic heterocycles. The molecule has 0 amide bonds. The van der Waals surface area contributed by atoms with E-state index in [4.69, 9.17) is 10.8 Å². The van der Waals surface area contributed by atoms with Crippen LogP contribution in [0.5, 0.6) is 0 Å². The first-order valence-corrected chi connectivity index (χ1v) is 8.78. The number of hydrogen-bond acceptors (Lipinski definition) is 3. The SMILES string of the molecule is NC(CSCCC12CC3CC(CC(C3)C1)C2)C(=O)O. The Kier molecular flexibility index (Phi) is 3.82. The number of nitrogens with two attached hydrogens (primary N) is 1.